The molecule has 0 aromatic rings. The minimum atomic E-state index is -1.08. The van der Waals surface area contributed by atoms with E-state index in [1.807, 2.05) is 0 Å². The van der Waals surface area contributed by atoms with Gasteiger partial charge in [0.15, 0.2) is 0 Å². The number of ether oxygens (including phenoxy) is 2. The van der Waals surface area contributed by atoms with E-state index in [1.54, 1.807) is 0 Å². The molecule has 0 aliphatic rings. The van der Waals surface area contributed by atoms with Crippen molar-refractivity contribution in [3.63, 3.8) is 0 Å². The molecule has 33 heavy (non-hydrogen) atoms. The van der Waals surface area contributed by atoms with Crippen molar-refractivity contribution in [3.05, 3.63) is 0 Å². The van der Waals surface area contributed by atoms with Crippen LogP contribution in [0.25, 0.3) is 0 Å². The maximum atomic E-state index is 11.8. The smallest absolute Gasteiger partial charge is 0.328 e. The molecule has 7 heteroatoms. The lowest BCUT2D eigenvalue weighted by Gasteiger charge is -2.15. The molecule has 7 nitrogen and oxygen atoms in total. The van der Waals surface area contributed by atoms with Crippen LogP contribution in [-0.4, -0.2) is 48.3 Å². The number of rotatable bonds is 22. The van der Waals surface area contributed by atoms with Crippen LogP contribution in [0.15, 0.2) is 0 Å². The number of carbonyl (C=O) groups excluding carboxylic acids is 3. The molecule has 0 aliphatic heterocycles. The molecule has 0 rings (SSSR count). The van der Waals surface area contributed by atoms with E-state index in [0.29, 0.717) is 6.42 Å². The second kappa shape index (κ2) is 22.2. The highest BCUT2D eigenvalue weighted by Crippen LogP contribution is 2.13. The highest BCUT2D eigenvalue weighted by Gasteiger charge is 2.17. The Morgan fingerprint density at radius 1 is 0.727 bits per heavy atom. The predicted octanol–water partition coefficient (Wildman–Crippen LogP) is 5.22. The molecule has 0 aromatic carbocycles. The summed E-state index contributed by atoms with van der Waals surface area (Å²) in [6.07, 6.45) is 18.3. The van der Waals surface area contributed by atoms with E-state index in [0.717, 1.165) is 19.3 Å². The topological polar surface area (TPSA) is 102 Å². The second-order valence-corrected chi connectivity index (χ2v) is 9.09. The first kappa shape index (κ1) is 31.4. The van der Waals surface area contributed by atoms with Crippen molar-refractivity contribution >= 4 is 17.8 Å². The fraction of sp³-hybridized carbons (Fsp3) is 0.885. The Balaban J connectivity index is 3.45. The molecule has 0 saturated carbocycles. The fourth-order valence-electron chi connectivity index (χ4n) is 3.62. The Bertz CT molecular complexity index is 511. The molecule has 0 aliphatic carbocycles. The lowest BCUT2D eigenvalue weighted by Crippen LogP contribution is -2.39. The van der Waals surface area contributed by atoms with Crippen LogP contribution < -0.4 is 5.32 Å². The van der Waals surface area contributed by atoms with Crippen molar-refractivity contribution in [2.24, 2.45) is 0 Å². The number of unbranched alkanes of at least 4 members (excludes halogenated alkanes) is 14. The van der Waals surface area contributed by atoms with Gasteiger partial charge in [-0.2, -0.15) is 0 Å². The van der Waals surface area contributed by atoms with E-state index in [9.17, 15) is 19.5 Å². The summed E-state index contributed by atoms with van der Waals surface area (Å²) in [5, 5.41) is 12.2. The highest BCUT2D eigenvalue weighted by molar-refractivity contribution is 5.82. The van der Waals surface area contributed by atoms with E-state index in [4.69, 9.17) is 9.47 Å². The van der Waals surface area contributed by atoms with Gasteiger partial charge in [0.2, 0.25) is 5.91 Å². The monoisotopic (exact) mass is 471 g/mol. The average Bonchev–Trinajstić information content (AvgIpc) is 2.78. The van der Waals surface area contributed by atoms with Gasteiger partial charge in [-0.3, -0.25) is 9.59 Å². The van der Waals surface area contributed by atoms with Gasteiger partial charge in [-0.15, -0.1) is 0 Å². The summed E-state index contributed by atoms with van der Waals surface area (Å²) in [4.78, 5) is 34.3. The first-order chi connectivity index (χ1) is 15.9. The molecule has 0 fully saturated rings. The zero-order valence-electron chi connectivity index (χ0n) is 21.4. The Morgan fingerprint density at radius 3 is 1.61 bits per heavy atom. The molecule has 0 saturated heterocycles. The van der Waals surface area contributed by atoms with E-state index in [-0.39, 0.29) is 25.1 Å². The predicted molar refractivity (Wildman–Crippen MR) is 131 cm³/mol. The van der Waals surface area contributed by atoms with Crippen LogP contribution in [0.5, 0.6) is 0 Å². The Kier molecular flexibility index (Phi) is 21.1. The van der Waals surface area contributed by atoms with Crippen LogP contribution in [-0.2, 0) is 23.9 Å². The summed E-state index contributed by atoms with van der Waals surface area (Å²) < 4.78 is 9.92. The molecular weight excluding hydrogens is 422 g/mol. The van der Waals surface area contributed by atoms with Gasteiger partial charge in [-0.25, -0.2) is 4.79 Å². The van der Waals surface area contributed by atoms with Gasteiger partial charge >= 0.3 is 11.9 Å². The van der Waals surface area contributed by atoms with Crippen molar-refractivity contribution < 1.29 is 29.0 Å². The molecule has 0 radical (unpaired) electrons. The number of aliphatic hydroxyl groups excluding tert-OH is 1. The summed E-state index contributed by atoms with van der Waals surface area (Å²) in [6.45, 7) is 4.56. The van der Waals surface area contributed by atoms with Crippen LogP contribution in [0.3, 0.4) is 0 Å². The summed E-state index contributed by atoms with van der Waals surface area (Å²) in [5.74, 6) is -1.33. The highest BCUT2D eigenvalue weighted by atomic mass is 16.6. The lowest BCUT2D eigenvalue weighted by molar-refractivity contribution is -0.154. The first-order valence-electron chi connectivity index (χ1n) is 13.1. The fourth-order valence-corrected chi connectivity index (χ4v) is 3.62. The Labute approximate surface area is 201 Å². The molecule has 2 atom stereocenters. The summed E-state index contributed by atoms with van der Waals surface area (Å²) >= 11 is 0. The molecule has 1 amide bonds. The Hall–Kier alpha value is -1.63. The standard InChI is InChI=1S/C26H49NO6/c1-4-5-6-7-8-9-10-11-12-13-14-15-16-17-18-19-25(30)32-20-24(29)21-33-26(31)22(2)27-23(3)28/h22,24,29H,4-21H2,1-3H3,(H,27,28)/t22-,24?/m1/s1. The molecule has 0 bridgehead atoms. The SMILES string of the molecule is CCCCCCCCCCCCCCCCCC(=O)OCC(O)COC(=O)[C@@H](C)NC(C)=O. The third-order valence-corrected chi connectivity index (χ3v) is 5.61. The maximum absolute atomic E-state index is 11.8. The average molecular weight is 472 g/mol. The number of aliphatic hydroxyl groups is 1. The Morgan fingerprint density at radius 2 is 1.15 bits per heavy atom. The third-order valence-electron chi connectivity index (χ3n) is 5.61. The summed E-state index contributed by atoms with van der Waals surface area (Å²) in [5.41, 5.74) is 0. The molecule has 194 valence electrons. The minimum Gasteiger partial charge on any atom is -0.463 e. The summed E-state index contributed by atoms with van der Waals surface area (Å²) in [6, 6.07) is -0.789. The van der Waals surface area contributed by atoms with Crippen molar-refractivity contribution in [2.45, 2.75) is 136 Å². The second-order valence-electron chi connectivity index (χ2n) is 9.09. The van der Waals surface area contributed by atoms with Gasteiger partial charge in [0, 0.05) is 13.3 Å². The zero-order valence-corrected chi connectivity index (χ0v) is 21.4. The number of hydrogen-bond acceptors (Lipinski definition) is 6. The molecule has 1 unspecified atom stereocenters. The van der Waals surface area contributed by atoms with Gasteiger partial charge in [0.25, 0.3) is 0 Å². The van der Waals surface area contributed by atoms with Crippen LogP contribution >= 0.6 is 0 Å². The van der Waals surface area contributed by atoms with Gasteiger partial charge < -0.3 is 19.9 Å². The maximum Gasteiger partial charge on any atom is 0.328 e. The summed E-state index contributed by atoms with van der Waals surface area (Å²) in [7, 11) is 0. The van der Waals surface area contributed by atoms with E-state index < -0.39 is 18.1 Å². The van der Waals surface area contributed by atoms with Gasteiger partial charge in [-0.05, 0) is 13.3 Å². The molecule has 0 heterocycles. The molecular formula is C26H49NO6. The van der Waals surface area contributed by atoms with Crippen LogP contribution in [0.1, 0.15) is 124 Å². The van der Waals surface area contributed by atoms with Crippen molar-refractivity contribution in [1.82, 2.24) is 5.32 Å². The quantitative estimate of drug-likeness (QED) is 0.166. The normalized spacial score (nSPS) is 12.7. The van der Waals surface area contributed by atoms with Gasteiger partial charge in [0.1, 0.15) is 25.4 Å². The number of nitrogens with one attached hydrogen (secondary N) is 1. The number of carbonyl (C=O) groups is 3. The van der Waals surface area contributed by atoms with Crippen molar-refractivity contribution in [1.29, 1.82) is 0 Å². The van der Waals surface area contributed by atoms with Gasteiger partial charge in [0.05, 0.1) is 0 Å². The molecule has 2 N–H and O–H groups in total. The first-order valence-corrected chi connectivity index (χ1v) is 13.1. The molecule has 0 spiro atoms. The lowest BCUT2D eigenvalue weighted by atomic mass is 10.0. The number of hydrogen-bond donors (Lipinski definition) is 2. The zero-order chi connectivity index (χ0) is 24.7. The van der Waals surface area contributed by atoms with E-state index >= 15 is 0 Å². The largest absolute Gasteiger partial charge is 0.463 e. The van der Waals surface area contributed by atoms with Crippen LogP contribution in [0.2, 0.25) is 0 Å². The van der Waals surface area contributed by atoms with Crippen molar-refractivity contribution in [2.75, 3.05) is 13.2 Å². The van der Waals surface area contributed by atoms with Crippen LogP contribution in [0.4, 0.5) is 0 Å². The third kappa shape index (κ3) is 22.0. The van der Waals surface area contributed by atoms with E-state index in [1.165, 1.54) is 90.9 Å². The van der Waals surface area contributed by atoms with Crippen molar-refractivity contribution in [3.8, 4) is 0 Å². The number of esters is 2. The minimum absolute atomic E-state index is 0.209. The van der Waals surface area contributed by atoms with Gasteiger partial charge in [-0.1, -0.05) is 96.8 Å². The van der Waals surface area contributed by atoms with Crippen LogP contribution in [0, 0.1) is 0 Å². The number of amides is 1. The van der Waals surface area contributed by atoms with E-state index in [2.05, 4.69) is 12.2 Å². The molecule has 0 aromatic heterocycles.